The number of aromatic nitrogens is 1. The number of benzene rings is 1. The van der Waals surface area contributed by atoms with Gasteiger partial charge in [0.05, 0.1) is 23.6 Å². The van der Waals surface area contributed by atoms with Crippen molar-refractivity contribution >= 4 is 33.9 Å². The zero-order chi connectivity index (χ0) is 17.3. The summed E-state index contributed by atoms with van der Waals surface area (Å²) in [5, 5.41) is 10.2. The largest absolute Gasteiger partial charge is 0.436 e. The molecule has 0 unspecified atom stereocenters. The van der Waals surface area contributed by atoms with E-state index in [1.54, 1.807) is 12.3 Å². The predicted molar refractivity (Wildman–Crippen MR) is 97.0 cm³/mol. The summed E-state index contributed by atoms with van der Waals surface area (Å²) in [5.41, 5.74) is 10.5. The quantitative estimate of drug-likeness (QED) is 0.717. The summed E-state index contributed by atoms with van der Waals surface area (Å²) >= 11 is 5.14. The summed E-state index contributed by atoms with van der Waals surface area (Å²) in [6.45, 7) is 3.70. The van der Waals surface area contributed by atoms with E-state index in [0.29, 0.717) is 28.0 Å². The van der Waals surface area contributed by atoms with Crippen molar-refractivity contribution in [3.8, 4) is 0 Å². The Labute approximate surface area is 144 Å². The number of pyridine rings is 1. The lowest BCUT2D eigenvalue weighted by Gasteiger charge is -2.08. The van der Waals surface area contributed by atoms with Gasteiger partial charge in [-0.3, -0.25) is 4.98 Å². The Morgan fingerprint density at radius 1 is 1.29 bits per heavy atom. The van der Waals surface area contributed by atoms with Crippen LogP contribution in [0.1, 0.15) is 22.4 Å². The first-order chi connectivity index (χ1) is 11.5. The number of nitrogens with two attached hydrogens (primary N) is 1. The van der Waals surface area contributed by atoms with Crippen molar-refractivity contribution in [2.24, 2.45) is 10.7 Å². The number of thiocarbonyl (C=S) groups is 1. The summed E-state index contributed by atoms with van der Waals surface area (Å²) < 4.78 is 5.95. The van der Waals surface area contributed by atoms with Crippen molar-refractivity contribution in [3.05, 3.63) is 64.5 Å². The fourth-order valence-corrected chi connectivity index (χ4v) is 2.56. The van der Waals surface area contributed by atoms with Gasteiger partial charge in [-0.15, -0.1) is 0 Å². The van der Waals surface area contributed by atoms with Gasteiger partial charge in [0.15, 0.2) is 5.58 Å². The van der Waals surface area contributed by atoms with Gasteiger partial charge in [0.25, 0.3) is 0 Å². The van der Waals surface area contributed by atoms with Crippen LogP contribution in [0, 0.1) is 13.8 Å². The second kappa shape index (κ2) is 6.51. The molecular formula is C18H17N3O2S. The molecule has 0 radical (unpaired) electrons. The van der Waals surface area contributed by atoms with Crippen molar-refractivity contribution in [1.29, 1.82) is 0 Å². The summed E-state index contributed by atoms with van der Waals surface area (Å²) in [6.07, 6.45) is 1.62. The molecule has 3 N–H and O–H groups in total. The van der Waals surface area contributed by atoms with E-state index in [-0.39, 0.29) is 11.6 Å². The van der Waals surface area contributed by atoms with Gasteiger partial charge in [-0.25, -0.2) is 4.99 Å². The van der Waals surface area contributed by atoms with E-state index in [1.807, 2.05) is 38.1 Å². The second-order valence-corrected chi connectivity index (χ2v) is 5.99. The Balaban J connectivity index is 2.34. The third-order valence-electron chi connectivity index (χ3n) is 3.75. The van der Waals surface area contributed by atoms with Gasteiger partial charge in [-0.2, -0.15) is 0 Å². The van der Waals surface area contributed by atoms with E-state index in [9.17, 15) is 5.11 Å². The number of aliphatic hydroxyl groups is 1. The highest BCUT2D eigenvalue weighted by atomic mass is 32.1. The van der Waals surface area contributed by atoms with Crippen LogP contribution in [0.15, 0.2) is 45.9 Å². The average molecular weight is 339 g/mol. The molecule has 3 aromatic rings. The molecule has 0 atom stereocenters. The highest BCUT2D eigenvalue weighted by Crippen LogP contribution is 2.21. The minimum absolute atomic E-state index is 0.148. The molecule has 0 aliphatic heterocycles. The maximum absolute atomic E-state index is 9.52. The minimum Gasteiger partial charge on any atom is -0.436 e. The minimum atomic E-state index is -0.148. The van der Waals surface area contributed by atoms with Crippen LogP contribution < -0.4 is 11.3 Å². The van der Waals surface area contributed by atoms with Gasteiger partial charge < -0.3 is 15.3 Å². The topological polar surface area (TPSA) is 84.6 Å². The van der Waals surface area contributed by atoms with Crippen molar-refractivity contribution in [2.75, 3.05) is 0 Å². The lowest BCUT2D eigenvalue weighted by Crippen LogP contribution is -2.21. The summed E-state index contributed by atoms with van der Waals surface area (Å²) in [5.74, 6) is 0. The summed E-state index contributed by atoms with van der Waals surface area (Å²) in [4.78, 5) is 8.96. The van der Waals surface area contributed by atoms with Gasteiger partial charge in [-0.05, 0) is 32.0 Å². The highest BCUT2D eigenvalue weighted by Gasteiger charge is 2.12. The van der Waals surface area contributed by atoms with Gasteiger partial charge >= 0.3 is 0 Å². The third-order valence-corrected chi connectivity index (χ3v) is 3.97. The van der Waals surface area contributed by atoms with Gasteiger partial charge in [0, 0.05) is 17.1 Å². The molecule has 0 aliphatic rings. The number of rotatable bonds is 3. The van der Waals surface area contributed by atoms with Gasteiger partial charge in [-0.1, -0.05) is 29.9 Å². The Morgan fingerprint density at radius 3 is 2.62 bits per heavy atom. The van der Waals surface area contributed by atoms with Crippen LogP contribution in [0.25, 0.3) is 11.0 Å². The fourth-order valence-electron chi connectivity index (χ4n) is 2.41. The molecule has 0 bridgehead atoms. The molecular weight excluding hydrogens is 322 g/mol. The number of hydrogen-bond donors (Lipinski definition) is 2. The number of nitrogens with zero attached hydrogens (tertiary/aromatic N) is 2. The van der Waals surface area contributed by atoms with E-state index in [2.05, 4.69) is 9.98 Å². The SMILES string of the molecule is Cc1ccc(N=c2oc3c(C)ncc(CO)c3cc2C(N)=S)cc1. The highest BCUT2D eigenvalue weighted by molar-refractivity contribution is 7.80. The van der Waals surface area contributed by atoms with Crippen LogP contribution >= 0.6 is 12.2 Å². The first-order valence-electron chi connectivity index (χ1n) is 7.44. The molecule has 2 heterocycles. The lowest BCUT2D eigenvalue weighted by atomic mass is 10.1. The lowest BCUT2D eigenvalue weighted by molar-refractivity contribution is 0.282. The van der Waals surface area contributed by atoms with Crippen molar-refractivity contribution in [1.82, 2.24) is 4.98 Å². The molecule has 0 spiro atoms. The summed E-state index contributed by atoms with van der Waals surface area (Å²) in [6, 6.07) is 9.53. The van der Waals surface area contributed by atoms with Crippen molar-refractivity contribution in [2.45, 2.75) is 20.5 Å². The molecule has 6 heteroatoms. The van der Waals surface area contributed by atoms with Gasteiger partial charge in [0.2, 0.25) is 5.55 Å². The third kappa shape index (κ3) is 3.06. The summed E-state index contributed by atoms with van der Waals surface area (Å²) in [7, 11) is 0. The Kier molecular flexibility index (Phi) is 4.42. The van der Waals surface area contributed by atoms with Crippen LogP contribution in [0.2, 0.25) is 0 Å². The van der Waals surface area contributed by atoms with E-state index in [4.69, 9.17) is 22.4 Å². The van der Waals surface area contributed by atoms with E-state index < -0.39 is 0 Å². The van der Waals surface area contributed by atoms with Crippen molar-refractivity contribution < 1.29 is 9.52 Å². The van der Waals surface area contributed by atoms with Crippen molar-refractivity contribution in [3.63, 3.8) is 0 Å². The molecule has 3 rings (SSSR count). The molecule has 0 amide bonds. The van der Waals surface area contributed by atoms with E-state index in [1.165, 1.54) is 0 Å². The van der Waals surface area contributed by atoms with Crippen LogP contribution in [0.4, 0.5) is 5.69 Å². The monoisotopic (exact) mass is 339 g/mol. The van der Waals surface area contributed by atoms with Crippen LogP contribution in [-0.2, 0) is 6.61 Å². The Bertz CT molecular complexity index is 992. The Hall–Kier alpha value is -2.57. The molecule has 1 aromatic carbocycles. The number of hydrogen-bond acceptors (Lipinski definition) is 5. The molecule has 122 valence electrons. The van der Waals surface area contributed by atoms with E-state index >= 15 is 0 Å². The first kappa shape index (κ1) is 16.3. The second-order valence-electron chi connectivity index (χ2n) is 5.55. The molecule has 0 aliphatic carbocycles. The zero-order valence-electron chi connectivity index (χ0n) is 13.4. The smallest absolute Gasteiger partial charge is 0.230 e. The molecule has 0 saturated heterocycles. The first-order valence-corrected chi connectivity index (χ1v) is 7.85. The predicted octanol–water partition coefficient (Wildman–Crippen LogP) is 2.80. The van der Waals surface area contributed by atoms with Gasteiger partial charge in [0.1, 0.15) is 4.99 Å². The fraction of sp³-hybridized carbons (Fsp3) is 0.167. The van der Waals surface area contributed by atoms with Crippen LogP contribution in [0.3, 0.4) is 0 Å². The maximum Gasteiger partial charge on any atom is 0.230 e. The molecule has 24 heavy (non-hydrogen) atoms. The number of aliphatic hydroxyl groups excluding tert-OH is 1. The zero-order valence-corrected chi connectivity index (χ0v) is 14.2. The number of fused-ring (bicyclic) bond motifs is 1. The number of aryl methyl sites for hydroxylation is 2. The van der Waals surface area contributed by atoms with Crippen LogP contribution in [-0.4, -0.2) is 15.1 Å². The van der Waals surface area contributed by atoms with Crippen LogP contribution in [0.5, 0.6) is 0 Å². The molecule has 5 nitrogen and oxygen atoms in total. The molecule has 0 fully saturated rings. The molecule has 0 saturated carbocycles. The molecule has 2 aromatic heterocycles. The normalized spacial score (nSPS) is 11.9. The standard InChI is InChI=1S/C18H17N3O2S/c1-10-3-5-13(6-4-10)21-18-15(17(19)24)7-14-12(9-22)8-20-11(2)16(14)23-18/h3-8,22H,9H2,1-2H3,(H2,19,24). The van der Waals surface area contributed by atoms with E-state index in [0.717, 1.165) is 16.6 Å². The Morgan fingerprint density at radius 2 is 2.00 bits per heavy atom. The average Bonchev–Trinajstić information content (AvgIpc) is 2.57. The maximum atomic E-state index is 9.52.